The zero-order chi connectivity index (χ0) is 33.7. The van der Waals surface area contributed by atoms with E-state index >= 15 is 0 Å². The van der Waals surface area contributed by atoms with Crippen LogP contribution < -0.4 is 21.1 Å². The minimum Gasteiger partial charge on any atom is -0.468 e. The molecule has 0 bridgehead atoms. The number of nitrogens with one attached hydrogen (secondary N) is 2. The zero-order valence-corrected chi connectivity index (χ0v) is 26.8. The number of para-hydroxylation sites is 1. The number of carbonyl (C=O) groups is 3. The van der Waals surface area contributed by atoms with Crippen molar-refractivity contribution in [1.29, 1.82) is 0 Å². The van der Waals surface area contributed by atoms with Crippen molar-refractivity contribution in [2.75, 3.05) is 25.6 Å². The number of ketones is 1. The third-order valence-corrected chi connectivity index (χ3v) is 9.21. The van der Waals surface area contributed by atoms with E-state index < -0.39 is 24.0 Å². The molecule has 47 heavy (non-hydrogen) atoms. The standard InChI is InChI=1S/C33H37F3N4O6S/c1-18-7-11-21(39-32-40-25-12-10-20(14-27(25)47-32)31(43)38-16-28(41)44-2)15-22(13-18)45-17-24(30(42)19-8-9-19)29(37)23-5-3-4-6-26(23)46-33(34,35)36/h3-6,10,12,14,18-19,21-22H,7-9,11,13,15-17,37H2,1-2H3,(H,38,43)(H,39,40). The summed E-state index contributed by atoms with van der Waals surface area (Å²) in [7, 11) is 1.25. The molecule has 5 rings (SSSR count). The van der Waals surface area contributed by atoms with Crippen LogP contribution >= 0.6 is 11.3 Å². The van der Waals surface area contributed by atoms with Gasteiger partial charge in [-0.3, -0.25) is 14.4 Å². The molecule has 3 unspecified atom stereocenters. The van der Waals surface area contributed by atoms with Gasteiger partial charge in [-0.15, -0.1) is 13.2 Å². The minimum absolute atomic E-state index is 0.00170. The van der Waals surface area contributed by atoms with Crippen molar-refractivity contribution in [2.24, 2.45) is 17.6 Å². The third kappa shape index (κ3) is 9.22. The molecule has 2 saturated carbocycles. The first-order valence-electron chi connectivity index (χ1n) is 15.4. The highest BCUT2D eigenvalue weighted by molar-refractivity contribution is 7.22. The van der Waals surface area contributed by atoms with E-state index in [2.05, 4.69) is 32.0 Å². The molecular formula is C33H37F3N4O6S. The Morgan fingerprint density at radius 3 is 2.55 bits per heavy atom. The van der Waals surface area contributed by atoms with E-state index in [4.69, 9.17) is 10.5 Å². The molecule has 3 atom stereocenters. The van der Waals surface area contributed by atoms with Crippen LogP contribution in [0, 0.1) is 11.8 Å². The van der Waals surface area contributed by atoms with Crippen LogP contribution in [-0.2, 0) is 19.1 Å². The maximum atomic E-state index is 13.3. The largest absolute Gasteiger partial charge is 0.573 e. The number of rotatable bonds is 12. The van der Waals surface area contributed by atoms with Crippen LogP contribution in [0.3, 0.4) is 0 Å². The van der Waals surface area contributed by atoms with Crippen molar-refractivity contribution in [3.63, 3.8) is 0 Å². The number of amides is 1. The van der Waals surface area contributed by atoms with Gasteiger partial charge in [0, 0.05) is 28.7 Å². The first-order chi connectivity index (χ1) is 22.4. The molecule has 2 aromatic carbocycles. The zero-order valence-electron chi connectivity index (χ0n) is 26.0. The summed E-state index contributed by atoms with van der Waals surface area (Å²) in [4.78, 5) is 41.8. The van der Waals surface area contributed by atoms with Gasteiger partial charge in [0.1, 0.15) is 12.3 Å². The lowest BCUT2D eigenvalue weighted by atomic mass is 10.00. The number of carbonyl (C=O) groups excluding carboxylic acids is 3. The molecule has 0 aliphatic heterocycles. The highest BCUT2D eigenvalue weighted by Gasteiger charge is 2.36. The van der Waals surface area contributed by atoms with E-state index in [-0.39, 0.29) is 53.8 Å². The Bertz CT molecular complexity index is 1650. The van der Waals surface area contributed by atoms with E-state index in [9.17, 15) is 27.6 Å². The summed E-state index contributed by atoms with van der Waals surface area (Å²) in [6, 6.07) is 10.6. The fraction of sp³-hybridized carbons (Fsp3) is 0.455. The Hall–Kier alpha value is -4.17. The van der Waals surface area contributed by atoms with Gasteiger partial charge in [-0.25, -0.2) is 4.98 Å². The average Bonchev–Trinajstić information content (AvgIpc) is 3.83. The van der Waals surface area contributed by atoms with Crippen LogP contribution in [0.15, 0.2) is 48.0 Å². The van der Waals surface area contributed by atoms with Gasteiger partial charge in [0.25, 0.3) is 5.91 Å². The number of hydrogen-bond donors (Lipinski definition) is 3. The number of anilines is 1. The lowest BCUT2D eigenvalue weighted by molar-refractivity contribution is -0.274. The second-order valence-corrected chi connectivity index (χ2v) is 13.0. The number of methoxy groups -OCH3 is 1. The molecule has 4 N–H and O–H groups in total. The highest BCUT2D eigenvalue weighted by atomic mass is 32.1. The molecule has 2 aliphatic carbocycles. The number of alkyl halides is 3. The van der Waals surface area contributed by atoms with Gasteiger partial charge in [-0.2, -0.15) is 0 Å². The van der Waals surface area contributed by atoms with Crippen LogP contribution in [0.4, 0.5) is 18.3 Å². The Morgan fingerprint density at radius 1 is 1.06 bits per heavy atom. The van der Waals surface area contributed by atoms with E-state index in [1.54, 1.807) is 18.2 Å². The summed E-state index contributed by atoms with van der Waals surface area (Å²) in [6.07, 6.45) is -0.637. The Morgan fingerprint density at radius 2 is 1.83 bits per heavy atom. The molecule has 3 aromatic rings. The number of halogens is 3. The Labute approximate surface area is 273 Å². The number of nitrogens with zero attached hydrogens (tertiary/aromatic N) is 1. The first-order valence-corrected chi connectivity index (χ1v) is 16.2. The molecule has 0 spiro atoms. The lowest BCUT2D eigenvalue weighted by Gasteiger charge is -2.23. The van der Waals surface area contributed by atoms with Crippen LogP contribution in [-0.4, -0.2) is 61.4 Å². The molecule has 0 saturated heterocycles. The number of benzene rings is 2. The van der Waals surface area contributed by atoms with Crippen LogP contribution in [0.5, 0.6) is 5.75 Å². The molecule has 2 fully saturated rings. The Kier molecular flexibility index (Phi) is 10.7. The quantitative estimate of drug-likeness (QED) is 0.123. The summed E-state index contributed by atoms with van der Waals surface area (Å²) < 4.78 is 55.2. The maximum Gasteiger partial charge on any atom is 0.573 e. The molecule has 252 valence electrons. The molecule has 14 heteroatoms. The molecule has 10 nitrogen and oxygen atoms in total. The number of aromatic nitrogens is 1. The average molecular weight is 675 g/mol. The molecule has 1 amide bonds. The fourth-order valence-electron chi connectivity index (χ4n) is 5.62. The van der Waals surface area contributed by atoms with Gasteiger partial charge in [0.05, 0.1) is 35.7 Å². The van der Waals surface area contributed by atoms with Gasteiger partial charge >= 0.3 is 12.3 Å². The Balaban J connectivity index is 1.29. The number of nitrogens with two attached hydrogens (primary N) is 1. The number of Topliss-reactive ketones (excluding diaryl/α,β-unsaturated/α-hetero) is 1. The van der Waals surface area contributed by atoms with Crippen LogP contribution in [0.2, 0.25) is 0 Å². The maximum absolute atomic E-state index is 13.3. The molecule has 1 heterocycles. The van der Waals surface area contributed by atoms with Gasteiger partial charge in [0.2, 0.25) is 0 Å². The normalized spacial score (nSPS) is 20.6. The molecular weight excluding hydrogens is 637 g/mol. The van der Waals surface area contributed by atoms with E-state index in [1.165, 1.54) is 42.7 Å². The summed E-state index contributed by atoms with van der Waals surface area (Å²) >= 11 is 1.40. The van der Waals surface area contributed by atoms with Gasteiger partial charge in [-0.05, 0) is 74.8 Å². The predicted octanol–water partition coefficient (Wildman–Crippen LogP) is 5.82. The van der Waals surface area contributed by atoms with E-state index in [0.29, 0.717) is 35.9 Å². The van der Waals surface area contributed by atoms with Gasteiger partial charge in [0.15, 0.2) is 10.9 Å². The minimum atomic E-state index is -4.92. The van der Waals surface area contributed by atoms with Crippen molar-refractivity contribution in [3.05, 3.63) is 59.2 Å². The predicted molar refractivity (Wildman–Crippen MR) is 171 cm³/mol. The van der Waals surface area contributed by atoms with Gasteiger partial charge < -0.3 is 30.6 Å². The summed E-state index contributed by atoms with van der Waals surface area (Å²) in [6.45, 7) is 1.77. The summed E-state index contributed by atoms with van der Waals surface area (Å²) in [5, 5.41) is 6.72. The SMILES string of the molecule is COC(=O)CNC(=O)c1ccc2nc(NC3CCC(C)CC(OCC(C(=O)C4CC4)=C(N)c4ccccc4OC(F)(F)F)C3)sc2c1. The van der Waals surface area contributed by atoms with Crippen LogP contribution in [0.1, 0.15) is 61.4 Å². The number of hydrogen-bond acceptors (Lipinski definition) is 10. The molecule has 2 aliphatic rings. The van der Waals surface area contributed by atoms with Crippen molar-refractivity contribution >= 4 is 50.0 Å². The van der Waals surface area contributed by atoms with E-state index in [0.717, 1.165) is 29.5 Å². The first kappa shape index (κ1) is 34.2. The van der Waals surface area contributed by atoms with E-state index in [1.807, 2.05) is 0 Å². The van der Waals surface area contributed by atoms with Gasteiger partial charge in [-0.1, -0.05) is 30.4 Å². The topological polar surface area (TPSA) is 142 Å². The third-order valence-electron chi connectivity index (χ3n) is 8.26. The fourth-order valence-corrected chi connectivity index (χ4v) is 6.60. The number of thiazole rings is 1. The summed E-state index contributed by atoms with van der Waals surface area (Å²) in [5.74, 6) is -1.52. The number of ether oxygens (including phenoxy) is 3. The van der Waals surface area contributed by atoms with Crippen molar-refractivity contribution in [1.82, 2.24) is 10.3 Å². The highest BCUT2D eigenvalue weighted by Crippen LogP contribution is 2.37. The monoisotopic (exact) mass is 674 g/mol. The number of esters is 1. The molecule has 0 radical (unpaired) electrons. The smallest absolute Gasteiger partial charge is 0.468 e. The number of fused-ring (bicyclic) bond motifs is 1. The molecule has 1 aromatic heterocycles. The second-order valence-electron chi connectivity index (χ2n) is 12.0. The second kappa shape index (κ2) is 14.7. The van der Waals surface area contributed by atoms with Crippen LogP contribution in [0.25, 0.3) is 15.9 Å². The van der Waals surface area contributed by atoms with Crippen molar-refractivity contribution < 1.29 is 41.8 Å². The lowest BCUT2D eigenvalue weighted by Crippen LogP contribution is -2.30. The summed E-state index contributed by atoms with van der Waals surface area (Å²) in [5.41, 5.74) is 7.58. The van der Waals surface area contributed by atoms with Crippen molar-refractivity contribution in [2.45, 2.75) is 64.0 Å². The van der Waals surface area contributed by atoms with Crippen molar-refractivity contribution in [3.8, 4) is 5.75 Å².